The average molecular weight is 314 g/mol. The minimum absolute atomic E-state index is 0.0604. The van der Waals surface area contributed by atoms with E-state index in [-0.39, 0.29) is 18.3 Å². The second-order valence-electron chi connectivity index (χ2n) is 5.26. The Hall–Kier alpha value is -2.56. The second-order valence-corrected chi connectivity index (χ2v) is 5.26. The first-order valence-corrected chi connectivity index (χ1v) is 7.75. The van der Waals surface area contributed by atoms with Crippen LogP contribution in [0.25, 0.3) is 5.69 Å². The highest BCUT2D eigenvalue weighted by atomic mass is 16.5. The van der Waals surface area contributed by atoms with Gasteiger partial charge in [-0.15, -0.1) is 0 Å². The Morgan fingerprint density at radius 2 is 1.74 bits per heavy atom. The number of benzene rings is 1. The lowest BCUT2D eigenvalue weighted by molar-refractivity contribution is -0.140. The number of carbonyl (C=O) groups is 2. The zero-order valence-corrected chi connectivity index (χ0v) is 13.6. The lowest BCUT2D eigenvalue weighted by Gasteiger charge is -2.21. The van der Waals surface area contributed by atoms with E-state index < -0.39 is 0 Å². The summed E-state index contributed by atoms with van der Waals surface area (Å²) in [5.41, 5.74) is 1.63. The van der Waals surface area contributed by atoms with Crippen molar-refractivity contribution in [2.24, 2.45) is 0 Å². The molecule has 122 valence electrons. The van der Waals surface area contributed by atoms with Crippen LogP contribution in [0.4, 0.5) is 0 Å². The molecule has 2 aromatic rings. The number of amides is 1. The lowest BCUT2D eigenvalue weighted by atomic mass is 10.1. The van der Waals surface area contributed by atoms with E-state index >= 15 is 0 Å². The molecule has 0 aliphatic carbocycles. The third kappa shape index (κ3) is 4.45. The van der Waals surface area contributed by atoms with Crippen LogP contribution >= 0.6 is 0 Å². The summed E-state index contributed by atoms with van der Waals surface area (Å²) in [6.45, 7) is 3.00. The maximum atomic E-state index is 12.6. The van der Waals surface area contributed by atoms with Gasteiger partial charge in [0, 0.05) is 36.7 Å². The van der Waals surface area contributed by atoms with Crippen LogP contribution in [0.2, 0.25) is 0 Å². The Bertz CT molecular complexity index is 633. The van der Waals surface area contributed by atoms with Crippen molar-refractivity contribution >= 4 is 11.9 Å². The van der Waals surface area contributed by atoms with Crippen LogP contribution in [-0.2, 0) is 9.53 Å². The summed E-state index contributed by atoms with van der Waals surface area (Å²) in [6.07, 6.45) is 4.96. The molecule has 0 radical (unpaired) electrons. The van der Waals surface area contributed by atoms with Crippen molar-refractivity contribution < 1.29 is 14.3 Å². The van der Waals surface area contributed by atoms with Crippen molar-refractivity contribution in [2.75, 3.05) is 20.2 Å². The van der Waals surface area contributed by atoms with Gasteiger partial charge >= 0.3 is 5.97 Å². The summed E-state index contributed by atoms with van der Waals surface area (Å²) in [6, 6.07) is 11.4. The molecule has 5 heteroatoms. The first-order valence-electron chi connectivity index (χ1n) is 7.75. The van der Waals surface area contributed by atoms with Crippen molar-refractivity contribution in [1.29, 1.82) is 0 Å². The molecule has 1 amide bonds. The van der Waals surface area contributed by atoms with Crippen LogP contribution in [0.1, 0.15) is 30.1 Å². The number of methoxy groups -OCH3 is 1. The molecule has 0 bridgehead atoms. The van der Waals surface area contributed by atoms with Gasteiger partial charge in [-0.25, -0.2) is 0 Å². The maximum absolute atomic E-state index is 12.6. The molecule has 0 aliphatic heterocycles. The third-order valence-electron chi connectivity index (χ3n) is 3.61. The number of hydrogen-bond acceptors (Lipinski definition) is 3. The van der Waals surface area contributed by atoms with Gasteiger partial charge in [-0.3, -0.25) is 9.59 Å². The van der Waals surface area contributed by atoms with Crippen LogP contribution in [0.3, 0.4) is 0 Å². The molecule has 0 atom stereocenters. The minimum atomic E-state index is -0.304. The fourth-order valence-corrected chi connectivity index (χ4v) is 2.38. The molecular weight excluding hydrogens is 292 g/mol. The molecule has 0 unspecified atom stereocenters. The molecule has 2 rings (SSSR count). The molecule has 1 heterocycles. The van der Waals surface area contributed by atoms with E-state index in [0.29, 0.717) is 18.7 Å². The van der Waals surface area contributed by atoms with Crippen molar-refractivity contribution in [3.8, 4) is 5.69 Å². The topological polar surface area (TPSA) is 51.5 Å². The number of aromatic nitrogens is 1. The normalized spacial score (nSPS) is 10.3. The Morgan fingerprint density at radius 3 is 2.30 bits per heavy atom. The number of ether oxygens (including phenoxy) is 1. The number of esters is 1. The molecule has 0 aliphatic rings. The lowest BCUT2D eigenvalue weighted by Crippen LogP contribution is -2.33. The zero-order valence-electron chi connectivity index (χ0n) is 13.6. The van der Waals surface area contributed by atoms with Crippen molar-refractivity contribution in [1.82, 2.24) is 9.47 Å². The number of hydrogen-bond donors (Lipinski definition) is 0. The SMILES string of the molecule is CCCN(CCC(=O)OC)C(=O)c1ccc(-n2cccc2)cc1. The smallest absolute Gasteiger partial charge is 0.307 e. The summed E-state index contributed by atoms with van der Waals surface area (Å²) in [4.78, 5) is 25.6. The zero-order chi connectivity index (χ0) is 16.7. The fraction of sp³-hybridized carbons (Fsp3) is 0.333. The Balaban J connectivity index is 2.08. The van der Waals surface area contributed by atoms with Gasteiger partial charge in [0.05, 0.1) is 13.5 Å². The number of carbonyl (C=O) groups excluding carboxylic acids is 2. The molecule has 5 nitrogen and oxygen atoms in total. The molecule has 0 N–H and O–H groups in total. The molecule has 0 fully saturated rings. The van der Waals surface area contributed by atoms with E-state index in [4.69, 9.17) is 0 Å². The standard InChI is InChI=1S/C18H22N2O3/c1-3-11-20(14-10-17(21)23-2)18(22)15-6-8-16(9-7-15)19-12-4-5-13-19/h4-9,12-13H,3,10-11,14H2,1-2H3. The Kier molecular flexibility index (Phi) is 5.97. The number of rotatable bonds is 7. The fourth-order valence-electron chi connectivity index (χ4n) is 2.38. The monoisotopic (exact) mass is 314 g/mol. The van der Waals surface area contributed by atoms with Crippen LogP contribution in [0, 0.1) is 0 Å². The van der Waals surface area contributed by atoms with E-state index in [0.717, 1.165) is 12.1 Å². The van der Waals surface area contributed by atoms with Gasteiger partial charge in [0.25, 0.3) is 5.91 Å². The quantitative estimate of drug-likeness (QED) is 0.738. The molecule has 0 saturated carbocycles. The molecular formula is C18H22N2O3. The van der Waals surface area contributed by atoms with E-state index in [2.05, 4.69) is 4.74 Å². The summed E-state index contributed by atoms with van der Waals surface area (Å²) in [7, 11) is 1.36. The largest absolute Gasteiger partial charge is 0.469 e. The van der Waals surface area contributed by atoms with Crippen LogP contribution in [-0.4, -0.2) is 41.5 Å². The summed E-state index contributed by atoms with van der Waals surface area (Å²) < 4.78 is 6.62. The predicted octanol–water partition coefficient (Wildman–Crippen LogP) is 2.89. The highest BCUT2D eigenvalue weighted by Crippen LogP contribution is 2.12. The van der Waals surface area contributed by atoms with Gasteiger partial charge in [-0.05, 0) is 42.8 Å². The van der Waals surface area contributed by atoms with Gasteiger partial charge in [0.2, 0.25) is 0 Å². The van der Waals surface area contributed by atoms with Crippen molar-refractivity contribution in [3.05, 3.63) is 54.4 Å². The highest BCUT2D eigenvalue weighted by Gasteiger charge is 2.16. The third-order valence-corrected chi connectivity index (χ3v) is 3.61. The molecule has 1 aromatic heterocycles. The summed E-state index contributed by atoms with van der Waals surface area (Å²) >= 11 is 0. The predicted molar refractivity (Wildman–Crippen MR) is 88.6 cm³/mol. The Morgan fingerprint density at radius 1 is 1.09 bits per heavy atom. The average Bonchev–Trinajstić information content (AvgIpc) is 3.12. The van der Waals surface area contributed by atoms with Gasteiger partial charge in [-0.1, -0.05) is 6.92 Å². The first kappa shape index (κ1) is 16.8. The summed E-state index contributed by atoms with van der Waals surface area (Å²) in [5.74, 6) is -0.364. The van der Waals surface area contributed by atoms with Crippen LogP contribution < -0.4 is 0 Å². The molecule has 0 spiro atoms. The van der Waals surface area contributed by atoms with E-state index in [1.165, 1.54) is 7.11 Å². The maximum Gasteiger partial charge on any atom is 0.307 e. The van der Waals surface area contributed by atoms with Gasteiger partial charge in [0.15, 0.2) is 0 Å². The highest BCUT2D eigenvalue weighted by molar-refractivity contribution is 5.94. The van der Waals surface area contributed by atoms with Crippen LogP contribution in [0.5, 0.6) is 0 Å². The number of nitrogens with zero attached hydrogens (tertiary/aromatic N) is 2. The van der Waals surface area contributed by atoms with Crippen LogP contribution in [0.15, 0.2) is 48.8 Å². The second kappa shape index (κ2) is 8.17. The first-order chi connectivity index (χ1) is 11.2. The van der Waals surface area contributed by atoms with Crippen molar-refractivity contribution in [3.63, 3.8) is 0 Å². The van der Waals surface area contributed by atoms with Gasteiger partial charge in [-0.2, -0.15) is 0 Å². The molecule has 0 saturated heterocycles. The van der Waals surface area contributed by atoms with Gasteiger partial charge < -0.3 is 14.2 Å². The molecule has 23 heavy (non-hydrogen) atoms. The van der Waals surface area contributed by atoms with Gasteiger partial charge in [0.1, 0.15) is 0 Å². The molecule has 1 aromatic carbocycles. The van der Waals surface area contributed by atoms with E-state index in [9.17, 15) is 9.59 Å². The Labute approximate surface area is 136 Å². The minimum Gasteiger partial charge on any atom is -0.469 e. The van der Waals surface area contributed by atoms with E-state index in [1.54, 1.807) is 4.90 Å². The van der Waals surface area contributed by atoms with E-state index in [1.807, 2.05) is 60.3 Å². The summed E-state index contributed by atoms with van der Waals surface area (Å²) in [5, 5.41) is 0. The van der Waals surface area contributed by atoms with Crippen molar-refractivity contribution in [2.45, 2.75) is 19.8 Å².